The molecule has 1 aromatic carbocycles. The number of rotatable bonds is 2. The number of hydrogen-bond acceptors (Lipinski definition) is 2. The molecule has 0 aromatic heterocycles. The van der Waals surface area contributed by atoms with Crippen LogP contribution in [0.4, 0.5) is 0 Å². The summed E-state index contributed by atoms with van der Waals surface area (Å²) in [5.74, 6) is 0. The van der Waals surface area contributed by atoms with Gasteiger partial charge in [-0.1, -0.05) is 29.3 Å². The topological polar surface area (TPSA) is 15.3 Å². The SMILES string of the molecule is CC(c1ccc(Cl)cc1Cl)N1CCNCC1(C)C. The first-order valence-electron chi connectivity index (χ1n) is 6.34. The molecule has 1 unspecified atom stereocenters. The van der Waals surface area contributed by atoms with E-state index in [4.69, 9.17) is 23.2 Å². The van der Waals surface area contributed by atoms with Crippen LogP contribution in [0.3, 0.4) is 0 Å². The minimum Gasteiger partial charge on any atom is -0.314 e. The third-order valence-electron chi connectivity index (χ3n) is 3.74. The highest BCUT2D eigenvalue weighted by Crippen LogP contribution is 2.33. The third-order valence-corrected chi connectivity index (χ3v) is 4.31. The fraction of sp³-hybridized carbons (Fsp3) is 0.571. The van der Waals surface area contributed by atoms with Gasteiger partial charge in [-0.2, -0.15) is 0 Å². The lowest BCUT2D eigenvalue weighted by molar-refractivity contribution is 0.0517. The van der Waals surface area contributed by atoms with E-state index in [1.165, 1.54) is 0 Å². The molecule has 0 amide bonds. The zero-order valence-electron chi connectivity index (χ0n) is 11.1. The van der Waals surface area contributed by atoms with Crippen molar-refractivity contribution in [2.45, 2.75) is 32.4 Å². The maximum Gasteiger partial charge on any atom is 0.0468 e. The average molecular weight is 287 g/mol. The van der Waals surface area contributed by atoms with Gasteiger partial charge in [0.25, 0.3) is 0 Å². The highest BCUT2D eigenvalue weighted by Gasteiger charge is 2.33. The third kappa shape index (κ3) is 2.83. The molecule has 0 spiro atoms. The number of nitrogens with one attached hydrogen (secondary N) is 1. The molecule has 0 saturated carbocycles. The highest BCUT2D eigenvalue weighted by atomic mass is 35.5. The van der Waals surface area contributed by atoms with Crippen LogP contribution < -0.4 is 5.32 Å². The normalized spacial score (nSPS) is 21.8. The lowest BCUT2D eigenvalue weighted by atomic mass is 9.95. The van der Waals surface area contributed by atoms with E-state index in [1.54, 1.807) is 0 Å². The van der Waals surface area contributed by atoms with Crippen molar-refractivity contribution < 1.29 is 0 Å². The van der Waals surface area contributed by atoms with Crippen LogP contribution in [0.1, 0.15) is 32.4 Å². The summed E-state index contributed by atoms with van der Waals surface area (Å²) >= 11 is 12.3. The summed E-state index contributed by atoms with van der Waals surface area (Å²) in [5, 5.41) is 4.88. The molecule has 2 rings (SSSR count). The number of halogens is 2. The van der Waals surface area contributed by atoms with Crippen molar-refractivity contribution in [3.05, 3.63) is 33.8 Å². The molecule has 1 fully saturated rings. The van der Waals surface area contributed by atoms with E-state index in [0.717, 1.165) is 30.2 Å². The number of nitrogens with zero attached hydrogens (tertiary/aromatic N) is 1. The molecule has 1 aliphatic heterocycles. The first-order chi connectivity index (χ1) is 8.42. The Kier molecular flexibility index (Phi) is 4.22. The van der Waals surface area contributed by atoms with E-state index in [-0.39, 0.29) is 5.54 Å². The predicted molar refractivity (Wildman–Crippen MR) is 78.5 cm³/mol. The smallest absolute Gasteiger partial charge is 0.0468 e. The second-order valence-corrected chi connectivity index (χ2v) is 6.37. The molecular weight excluding hydrogens is 267 g/mol. The largest absolute Gasteiger partial charge is 0.314 e. The summed E-state index contributed by atoms with van der Waals surface area (Å²) in [7, 11) is 0. The molecule has 1 aromatic rings. The summed E-state index contributed by atoms with van der Waals surface area (Å²) in [6.07, 6.45) is 0. The van der Waals surface area contributed by atoms with Gasteiger partial charge >= 0.3 is 0 Å². The van der Waals surface area contributed by atoms with E-state index in [1.807, 2.05) is 18.2 Å². The Bertz CT molecular complexity index is 432. The van der Waals surface area contributed by atoms with Crippen LogP contribution >= 0.6 is 23.2 Å². The Labute approximate surface area is 119 Å². The van der Waals surface area contributed by atoms with Gasteiger partial charge in [0.05, 0.1) is 0 Å². The molecule has 1 atom stereocenters. The average Bonchev–Trinajstić information content (AvgIpc) is 2.27. The second-order valence-electron chi connectivity index (χ2n) is 5.52. The number of piperazine rings is 1. The first-order valence-corrected chi connectivity index (χ1v) is 7.10. The van der Waals surface area contributed by atoms with Crippen molar-refractivity contribution in [1.29, 1.82) is 0 Å². The monoisotopic (exact) mass is 286 g/mol. The maximum absolute atomic E-state index is 6.31. The van der Waals surface area contributed by atoms with Gasteiger partial charge in [0, 0.05) is 41.3 Å². The fourth-order valence-electron chi connectivity index (χ4n) is 2.72. The fourth-order valence-corrected chi connectivity index (χ4v) is 3.29. The van der Waals surface area contributed by atoms with Gasteiger partial charge in [-0.3, -0.25) is 4.90 Å². The van der Waals surface area contributed by atoms with Crippen molar-refractivity contribution in [3.8, 4) is 0 Å². The quantitative estimate of drug-likeness (QED) is 0.891. The second kappa shape index (κ2) is 5.38. The molecule has 1 N–H and O–H groups in total. The van der Waals surface area contributed by atoms with Crippen molar-refractivity contribution in [1.82, 2.24) is 10.2 Å². The Balaban J connectivity index is 2.27. The molecule has 0 aliphatic carbocycles. The van der Waals surface area contributed by atoms with E-state index < -0.39 is 0 Å². The van der Waals surface area contributed by atoms with Crippen LogP contribution in [-0.4, -0.2) is 30.1 Å². The zero-order chi connectivity index (χ0) is 13.3. The van der Waals surface area contributed by atoms with Gasteiger partial charge in [-0.25, -0.2) is 0 Å². The van der Waals surface area contributed by atoms with Crippen LogP contribution in [0.2, 0.25) is 10.0 Å². The zero-order valence-corrected chi connectivity index (χ0v) is 12.6. The summed E-state index contributed by atoms with van der Waals surface area (Å²) in [4.78, 5) is 2.50. The molecule has 2 nitrogen and oxygen atoms in total. The Morgan fingerprint density at radius 3 is 2.67 bits per heavy atom. The van der Waals surface area contributed by atoms with Crippen LogP contribution in [0, 0.1) is 0 Å². The molecule has 0 bridgehead atoms. The van der Waals surface area contributed by atoms with E-state index >= 15 is 0 Å². The van der Waals surface area contributed by atoms with E-state index in [9.17, 15) is 0 Å². The van der Waals surface area contributed by atoms with Gasteiger partial charge in [0.15, 0.2) is 0 Å². The van der Waals surface area contributed by atoms with Crippen molar-refractivity contribution in [3.63, 3.8) is 0 Å². The van der Waals surface area contributed by atoms with Crippen LogP contribution in [0.15, 0.2) is 18.2 Å². The van der Waals surface area contributed by atoms with E-state index in [0.29, 0.717) is 11.1 Å². The molecule has 1 heterocycles. The van der Waals surface area contributed by atoms with Crippen LogP contribution in [0.5, 0.6) is 0 Å². The summed E-state index contributed by atoms with van der Waals surface area (Å²) in [5.41, 5.74) is 1.29. The maximum atomic E-state index is 6.31. The molecule has 100 valence electrons. The Morgan fingerprint density at radius 2 is 2.06 bits per heavy atom. The Morgan fingerprint density at radius 1 is 1.33 bits per heavy atom. The lowest BCUT2D eigenvalue weighted by Crippen LogP contribution is -2.58. The molecule has 0 radical (unpaired) electrons. The standard InChI is InChI=1S/C14H20Cl2N2/c1-10(12-5-4-11(15)8-13(12)16)18-7-6-17-9-14(18,2)3/h4-5,8,10,17H,6-7,9H2,1-3H3. The summed E-state index contributed by atoms with van der Waals surface area (Å²) < 4.78 is 0. The van der Waals surface area contributed by atoms with Gasteiger partial charge in [-0.05, 0) is 38.5 Å². The highest BCUT2D eigenvalue weighted by molar-refractivity contribution is 6.35. The molecule has 4 heteroatoms. The minimum absolute atomic E-state index is 0.140. The van der Waals surface area contributed by atoms with Crippen molar-refractivity contribution in [2.75, 3.05) is 19.6 Å². The molecule has 1 aliphatic rings. The van der Waals surface area contributed by atoms with Crippen LogP contribution in [-0.2, 0) is 0 Å². The van der Waals surface area contributed by atoms with E-state index in [2.05, 4.69) is 31.0 Å². The van der Waals surface area contributed by atoms with Crippen LogP contribution in [0.25, 0.3) is 0 Å². The summed E-state index contributed by atoms with van der Waals surface area (Å²) in [6, 6.07) is 6.07. The van der Waals surface area contributed by atoms with Gasteiger partial charge in [-0.15, -0.1) is 0 Å². The molecule has 18 heavy (non-hydrogen) atoms. The predicted octanol–water partition coefficient (Wildman–Crippen LogP) is 3.74. The van der Waals surface area contributed by atoms with Gasteiger partial charge in [0.1, 0.15) is 0 Å². The van der Waals surface area contributed by atoms with Gasteiger partial charge < -0.3 is 5.32 Å². The minimum atomic E-state index is 0.140. The number of benzene rings is 1. The first kappa shape index (κ1) is 14.1. The van der Waals surface area contributed by atoms with Crippen molar-refractivity contribution in [2.24, 2.45) is 0 Å². The summed E-state index contributed by atoms with van der Waals surface area (Å²) in [6.45, 7) is 9.80. The molecule has 1 saturated heterocycles. The van der Waals surface area contributed by atoms with Gasteiger partial charge in [0.2, 0.25) is 0 Å². The Hall–Kier alpha value is -0.280. The molecular formula is C14H20Cl2N2. The lowest BCUT2D eigenvalue weighted by Gasteiger charge is -2.46. The number of hydrogen-bond donors (Lipinski definition) is 1. The van der Waals surface area contributed by atoms with Crippen molar-refractivity contribution >= 4 is 23.2 Å².